The van der Waals surface area contributed by atoms with Crippen molar-refractivity contribution < 1.29 is 4.79 Å². The second kappa shape index (κ2) is 8.26. The largest absolute Gasteiger partial charge is 0.343 e. The molecule has 0 bridgehead atoms. The minimum absolute atomic E-state index is 0.205. The highest BCUT2D eigenvalue weighted by molar-refractivity contribution is 7.99. The molecular weight excluding hydrogens is 354 g/mol. The van der Waals surface area contributed by atoms with Crippen LogP contribution in [0.15, 0.2) is 23.1 Å². The zero-order valence-corrected chi connectivity index (χ0v) is 18.2. The number of thioether (sulfide) groups is 1. The van der Waals surface area contributed by atoms with E-state index in [0.29, 0.717) is 5.92 Å². The number of aromatic nitrogens is 2. The molecular formula is C22H33N3OS. The van der Waals surface area contributed by atoms with Crippen LogP contribution in [0, 0.1) is 11.3 Å². The third kappa shape index (κ3) is 5.07. The number of fused-ring (bicyclic) bond motifs is 1. The molecule has 5 heteroatoms. The smallest absolute Gasteiger partial charge is 0.219 e. The van der Waals surface area contributed by atoms with Gasteiger partial charge in [-0.2, -0.15) is 0 Å². The molecule has 2 heterocycles. The molecule has 1 saturated heterocycles. The second-order valence-corrected chi connectivity index (χ2v) is 10.2. The molecule has 1 fully saturated rings. The van der Waals surface area contributed by atoms with Crippen LogP contribution < -0.4 is 0 Å². The fraction of sp³-hybridized carbons (Fsp3) is 0.636. The summed E-state index contributed by atoms with van der Waals surface area (Å²) in [6, 6.07) is 6.72. The Morgan fingerprint density at radius 2 is 1.96 bits per heavy atom. The van der Waals surface area contributed by atoms with E-state index in [-0.39, 0.29) is 11.3 Å². The Labute approximate surface area is 167 Å². The predicted molar refractivity (Wildman–Crippen MR) is 114 cm³/mol. The Hall–Kier alpha value is -1.49. The van der Waals surface area contributed by atoms with Crippen molar-refractivity contribution in [1.82, 2.24) is 14.5 Å². The molecule has 1 aromatic heterocycles. The maximum atomic E-state index is 11.6. The quantitative estimate of drug-likeness (QED) is 0.678. The lowest BCUT2D eigenvalue weighted by atomic mass is 9.91. The summed E-state index contributed by atoms with van der Waals surface area (Å²) in [7, 11) is 0. The number of benzene rings is 1. The van der Waals surface area contributed by atoms with Gasteiger partial charge in [0.1, 0.15) is 5.82 Å². The fourth-order valence-electron chi connectivity index (χ4n) is 3.92. The Bertz CT molecular complexity index is 798. The summed E-state index contributed by atoms with van der Waals surface area (Å²) < 4.78 is 2.45. The number of hydrogen-bond donors (Lipinski definition) is 0. The average molecular weight is 388 g/mol. The monoisotopic (exact) mass is 387 g/mol. The van der Waals surface area contributed by atoms with Gasteiger partial charge in [0.25, 0.3) is 0 Å². The van der Waals surface area contributed by atoms with Gasteiger partial charge < -0.3 is 9.47 Å². The molecule has 1 aromatic carbocycles. The van der Waals surface area contributed by atoms with Crippen molar-refractivity contribution in [3.63, 3.8) is 0 Å². The highest BCUT2D eigenvalue weighted by Gasteiger charge is 2.24. The van der Waals surface area contributed by atoms with E-state index in [1.54, 1.807) is 6.92 Å². The Morgan fingerprint density at radius 1 is 1.26 bits per heavy atom. The van der Waals surface area contributed by atoms with E-state index >= 15 is 0 Å². The van der Waals surface area contributed by atoms with Crippen LogP contribution in [0.25, 0.3) is 11.0 Å². The molecule has 1 aliphatic rings. The minimum Gasteiger partial charge on any atom is -0.343 e. The van der Waals surface area contributed by atoms with E-state index in [0.717, 1.165) is 50.2 Å². The van der Waals surface area contributed by atoms with Crippen LogP contribution in [0.4, 0.5) is 0 Å². The molecule has 0 spiro atoms. The van der Waals surface area contributed by atoms with Gasteiger partial charge in [-0.25, -0.2) is 4.98 Å². The molecule has 27 heavy (non-hydrogen) atoms. The van der Waals surface area contributed by atoms with Crippen molar-refractivity contribution in [1.29, 1.82) is 0 Å². The lowest BCUT2D eigenvalue weighted by Crippen LogP contribution is -2.38. The fourth-order valence-corrected chi connectivity index (χ4v) is 4.61. The van der Waals surface area contributed by atoms with E-state index in [2.05, 4.69) is 50.5 Å². The average Bonchev–Trinajstić information content (AvgIpc) is 2.90. The molecule has 0 unspecified atom stereocenters. The predicted octanol–water partition coefficient (Wildman–Crippen LogP) is 5.00. The number of carbonyl (C=O) groups excluding carboxylic acids is 1. The molecule has 0 saturated carbocycles. The van der Waals surface area contributed by atoms with Crippen LogP contribution in [0.1, 0.15) is 53.3 Å². The van der Waals surface area contributed by atoms with Crippen molar-refractivity contribution in [3.05, 3.63) is 24.0 Å². The first-order chi connectivity index (χ1) is 12.8. The first-order valence-corrected chi connectivity index (χ1v) is 11.1. The van der Waals surface area contributed by atoms with Crippen molar-refractivity contribution >= 4 is 28.7 Å². The summed E-state index contributed by atoms with van der Waals surface area (Å²) in [5.74, 6) is 3.10. The molecule has 0 aliphatic carbocycles. The number of piperidine rings is 1. The Kier molecular flexibility index (Phi) is 6.19. The van der Waals surface area contributed by atoms with Gasteiger partial charge in [-0.15, -0.1) is 11.8 Å². The number of carbonyl (C=O) groups is 1. The number of likely N-dealkylation sites (tertiary alicyclic amines) is 1. The molecule has 0 N–H and O–H groups in total. The summed E-state index contributed by atoms with van der Waals surface area (Å²) in [4.78, 5) is 19.9. The third-order valence-corrected chi connectivity index (χ3v) is 6.17. The summed E-state index contributed by atoms with van der Waals surface area (Å²) in [6.45, 7) is 13.5. The van der Waals surface area contributed by atoms with Crippen molar-refractivity contribution in [2.75, 3.05) is 18.8 Å². The first kappa shape index (κ1) is 20.2. The van der Waals surface area contributed by atoms with E-state index in [4.69, 9.17) is 4.98 Å². The highest BCUT2D eigenvalue weighted by Crippen LogP contribution is 2.29. The zero-order valence-electron chi connectivity index (χ0n) is 17.4. The minimum atomic E-state index is 0.205. The summed E-state index contributed by atoms with van der Waals surface area (Å²) in [6.07, 6.45) is 3.14. The van der Waals surface area contributed by atoms with Crippen molar-refractivity contribution in [2.45, 2.75) is 65.3 Å². The lowest BCUT2D eigenvalue weighted by Gasteiger charge is -2.32. The van der Waals surface area contributed by atoms with E-state index in [9.17, 15) is 4.79 Å². The summed E-state index contributed by atoms with van der Waals surface area (Å²) in [5, 5.41) is 0. The zero-order chi connectivity index (χ0) is 19.6. The van der Waals surface area contributed by atoms with Gasteiger partial charge in [0, 0.05) is 37.9 Å². The van der Waals surface area contributed by atoms with Gasteiger partial charge in [-0.05, 0) is 48.1 Å². The van der Waals surface area contributed by atoms with Crippen molar-refractivity contribution in [3.8, 4) is 0 Å². The van der Waals surface area contributed by atoms with Gasteiger partial charge in [0.05, 0.1) is 11.0 Å². The topological polar surface area (TPSA) is 38.1 Å². The molecule has 0 atom stereocenters. The maximum Gasteiger partial charge on any atom is 0.219 e. The third-order valence-electron chi connectivity index (χ3n) is 5.30. The van der Waals surface area contributed by atoms with Crippen LogP contribution in [-0.2, 0) is 17.8 Å². The SMILES string of the molecule is CCSc1ccc2c(c1)nc(CC(C)(C)C)n2CC1CCN(C(C)=O)CC1. The number of rotatable bonds is 5. The summed E-state index contributed by atoms with van der Waals surface area (Å²) >= 11 is 1.87. The van der Waals surface area contributed by atoms with Gasteiger partial charge in [-0.1, -0.05) is 27.7 Å². The second-order valence-electron chi connectivity index (χ2n) is 8.91. The lowest BCUT2D eigenvalue weighted by molar-refractivity contribution is -0.130. The Balaban J connectivity index is 1.87. The molecule has 1 amide bonds. The van der Waals surface area contributed by atoms with Crippen molar-refractivity contribution in [2.24, 2.45) is 11.3 Å². The van der Waals surface area contributed by atoms with Gasteiger partial charge >= 0.3 is 0 Å². The van der Waals surface area contributed by atoms with Crippen LogP contribution in [0.5, 0.6) is 0 Å². The number of nitrogens with zero attached hydrogens (tertiary/aromatic N) is 3. The summed E-state index contributed by atoms with van der Waals surface area (Å²) in [5.41, 5.74) is 2.58. The van der Waals surface area contributed by atoms with Gasteiger partial charge in [-0.3, -0.25) is 4.79 Å². The number of hydrogen-bond acceptors (Lipinski definition) is 3. The van der Waals surface area contributed by atoms with E-state index in [1.165, 1.54) is 16.2 Å². The maximum absolute atomic E-state index is 11.6. The number of amides is 1. The molecule has 1 aliphatic heterocycles. The molecule has 2 aromatic rings. The molecule has 0 radical (unpaired) electrons. The van der Waals surface area contributed by atoms with Crippen LogP contribution >= 0.6 is 11.8 Å². The first-order valence-electron chi connectivity index (χ1n) is 10.1. The van der Waals surface area contributed by atoms with Crippen LogP contribution in [0.2, 0.25) is 0 Å². The van der Waals surface area contributed by atoms with E-state index in [1.807, 2.05) is 16.7 Å². The van der Waals surface area contributed by atoms with Crippen LogP contribution in [-0.4, -0.2) is 39.2 Å². The van der Waals surface area contributed by atoms with Gasteiger partial charge in [0.2, 0.25) is 5.91 Å². The molecule has 148 valence electrons. The molecule has 3 rings (SSSR count). The van der Waals surface area contributed by atoms with Crippen LogP contribution in [0.3, 0.4) is 0 Å². The molecule has 4 nitrogen and oxygen atoms in total. The number of imidazole rings is 1. The Morgan fingerprint density at radius 3 is 2.56 bits per heavy atom. The normalized spacial score (nSPS) is 16.3. The van der Waals surface area contributed by atoms with E-state index < -0.39 is 0 Å². The van der Waals surface area contributed by atoms with Gasteiger partial charge in [0.15, 0.2) is 0 Å². The standard InChI is InChI=1S/C22H33N3OS/c1-6-27-18-7-8-20-19(13-18)23-21(14-22(3,4)5)25(20)15-17-9-11-24(12-10-17)16(2)26/h7-8,13,17H,6,9-12,14-15H2,1-5H3. The highest BCUT2D eigenvalue weighted by atomic mass is 32.2.